The summed E-state index contributed by atoms with van der Waals surface area (Å²) in [7, 11) is -1.42. The van der Waals surface area contributed by atoms with Gasteiger partial charge in [-0.15, -0.1) is 0 Å². The molecule has 2 aliphatic heterocycles. The van der Waals surface area contributed by atoms with E-state index in [-0.39, 0.29) is 0 Å². The van der Waals surface area contributed by atoms with Crippen molar-refractivity contribution in [1.29, 1.82) is 0 Å². The van der Waals surface area contributed by atoms with Gasteiger partial charge in [-0.05, 0) is 47.3 Å². The van der Waals surface area contributed by atoms with Crippen molar-refractivity contribution in [2.75, 3.05) is 9.80 Å². The Hall–Kier alpha value is -6.37. The molecule has 1 atom stereocenters. The van der Waals surface area contributed by atoms with E-state index in [0.29, 0.717) is 5.82 Å². The highest BCUT2D eigenvalue weighted by Crippen LogP contribution is 2.59. The second kappa shape index (κ2) is 11.4. The first-order chi connectivity index (χ1) is 24.7. The van der Waals surface area contributed by atoms with Gasteiger partial charge in [-0.3, -0.25) is 4.90 Å². The Morgan fingerprint density at radius 1 is 0.480 bits per heavy atom. The largest absolute Gasteiger partial charge is 0.306 e. The molecule has 0 saturated heterocycles. The van der Waals surface area contributed by atoms with Gasteiger partial charge in [0.25, 0.3) is 0 Å². The van der Waals surface area contributed by atoms with Crippen LogP contribution in [-0.2, 0) is 10.8 Å². The topological polar surface area (TPSA) is 49.3 Å². The number of benzene rings is 7. The van der Waals surface area contributed by atoms with Crippen molar-refractivity contribution in [3.8, 4) is 33.8 Å². The van der Waals surface area contributed by atoms with Crippen LogP contribution in [0.15, 0.2) is 180 Å². The standard InChI is InChI=1S/C44H28N4OS/c49-50-38-25-11-10-23-36(38)47(32-20-8-3-9-21-32)43-39(50)27-26-34-33-22-12-18-30-19-13-24-37(41(30)33)48(42(34)43)40-28-35(29-14-4-1-5-15-29)45-44(46-40)31-16-6-2-7-17-31/h1-28H. The summed E-state index contributed by atoms with van der Waals surface area (Å²) in [5, 5.41) is 2.29. The monoisotopic (exact) mass is 660 g/mol. The van der Waals surface area contributed by atoms with E-state index in [4.69, 9.17) is 9.97 Å². The van der Waals surface area contributed by atoms with Crippen molar-refractivity contribution in [3.05, 3.63) is 170 Å². The summed E-state index contributed by atoms with van der Waals surface area (Å²) in [5.41, 5.74) is 9.62. The average molecular weight is 661 g/mol. The predicted octanol–water partition coefficient (Wildman–Crippen LogP) is 11.4. The molecule has 1 unspecified atom stereocenters. The third-order valence-electron chi connectivity index (χ3n) is 9.54. The molecule has 236 valence electrons. The smallest absolute Gasteiger partial charge is 0.162 e. The molecule has 8 aromatic rings. The predicted molar refractivity (Wildman–Crippen MR) is 203 cm³/mol. The van der Waals surface area contributed by atoms with Crippen LogP contribution in [0.2, 0.25) is 0 Å². The molecule has 2 aliphatic rings. The van der Waals surface area contributed by atoms with E-state index in [0.717, 1.165) is 82.8 Å². The Bertz CT molecular complexity index is 2560. The molecule has 7 aromatic carbocycles. The molecule has 3 heterocycles. The van der Waals surface area contributed by atoms with Crippen molar-refractivity contribution in [2.45, 2.75) is 9.79 Å². The molecule has 0 saturated carbocycles. The zero-order valence-electron chi connectivity index (χ0n) is 26.8. The number of hydrogen-bond acceptors (Lipinski definition) is 5. The van der Waals surface area contributed by atoms with E-state index < -0.39 is 10.8 Å². The van der Waals surface area contributed by atoms with Crippen molar-refractivity contribution >= 4 is 55.8 Å². The lowest BCUT2D eigenvalue weighted by Crippen LogP contribution is -2.25. The minimum atomic E-state index is -1.42. The highest BCUT2D eigenvalue weighted by molar-refractivity contribution is 7.85. The van der Waals surface area contributed by atoms with E-state index in [1.54, 1.807) is 0 Å². The summed E-state index contributed by atoms with van der Waals surface area (Å²) in [6, 6.07) is 57.9. The first kappa shape index (κ1) is 28.6. The maximum Gasteiger partial charge on any atom is 0.162 e. The van der Waals surface area contributed by atoms with E-state index >= 15 is 0 Å². The second-order valence-electron chi connectivity index (χ2n) is 12.4. The molecule has 0 bridgehead atoms. The third-order valence-corrected chi connectivity index (χ3v) is 11.0. The second-order valence-corrected chi connectivity index (χ2v) is 13.8. The van der Waals surface area contributed by atoms with Gasteiger partial charge in [0.2, 0.25) is 0 Å². The summed E-state index contributed by atoms with van der Waals surface area (Å²) >= 11 is 0. The number of anilines is 6. The van der Waals surface area contributed by atoms with Gasteiger partial charge >= 0.3 is 0 Å². The number of aromatic nitrogens is 2. The molecular weight excluding hydrogens is 633 g/mol. The molecule has 0 radical (unpaired) electrons. The molecular formula is C44H28N4OS. The number of para-hydroxylation sites is 2. The Morgan fingerprint density at radius 2 is 1.14 bits per heavy atom. The zero-order chi connectivity index (χ0) is 33.2. The van der Waals surface area contributed by atoms with E-state index in [1.807, 2.05) is 78.9 Å². The van der Waals surface area contributed by atoms with Gasteiger partial charge in [-0.25, -0.2) is 14.2 Å². The molecule has 0 aliphatic carbocycles. The first-order valence-corrected chi connectivity index (χ1v) is 17.7. The minimum Gasteiger partial charge on any atom is -0.306 e. The molecule has 0 N–H and O–H groups in total. The van der Waals surface area contributed by atoms with Crippen molar-refractivity contribution in [2.24, 2.45) is 0 Å². The van der Waals surface area contributed by atoms with Crippen LogP contribution in [-0.4, -0.2) is 14.2 Å². The lowest BCUT2D eigenvalue weighted by Gasteiger charge is -2.40. The Kier molecular flexibility index (Phi) is 6.51. The van der Waals surface area contributed by atoms with E-state index in [2.05, 4.69) is 101 Å². The summed E-state index contributed by atoms with van der Waals surface area (Å²) in [5.74, 6) is 1.36. The van der Waals surface area contributed by atoms with Crippen LogP contribution in [0.1, 0.15) is 0 Å². The maximum absolute atomic E-state index is 14.6. The summed E-state index contributed by atoms with van der Waals surface area (Å²) in [6.07, 6.45) is 0. The highest BCUT2D eigenvalue weighted by atomic mass is 32.2. The zero-order valence-corrected chi connectivity index (χ0v) is 27.6. The lowest BCUT2D eigenvalue weighted by atomic mass is 9.90. The number of rotatable bonds is 4. The molecule has 0 spiro atoms. The molecule has 1 aromatic heterocycles. The van der Waals surface area contributed by atoms with Gasteiger partial charge in [0.15, 0.2) is 5.82 Å². The Morgan fingerprint density at radius 3 is 1.92 bits per heavy atom. The van der Waals surface area contributed by atoms with Crippen LogP contribution in [0.4, 0.5) is 34.3 Å². The van der Waals surface area contributed by atoms with Crippen LogP contribution in [0.25, 0.3) is 44.5 Å². The van der Waals surface area contributed by atoms with Crippen LogP contribution >= 0.6 is 0 Å². The molecule has 0 fully saturated rings. The van der Waals surface area contributed by atoms with Gasteiger partial charge in [-0.1, -0.05) is 127 Å². The van der Waals surface area contributed by atoms with Gasteiger partial charge in [0.1, 0.15) is 5.82 Å². The normalized spacial score (nSPS) is 14.2. The molecule has 0 amide bonds. The van der Waals surface area contributed by atoms with Gasteiger partial charge in [-0.2, -0.15) is 0 Å². The fourth-order valence-corrected chi connectivity index (χ4v) is 8.71. The molecule has 6 heteroatoms. The van der Waals surface area contributed by atoms with Crippen molar-refractivity contribution in [3.63, 3.8) is 0 Å². The van der Waals surface area contributed by atoms with Crippen LogP contribution in [0.3, 0.4) is 0 Å². The van der Waals surface area contributed by atoms with Crippen LogP contribution in [0, 0.1) is 0 Å². The van der Waals surface area contributed by atoms with E-state index in [9.17, 15) is 4.21 Å². The summed E-state index contributed by atoms with van der Waals surface area (Å²) in [4.78, 5) is 16.5. The highest BCUT2D eigenvalue weighted by Gasteiger charge is 2.38. The van der Waals surface area contributed by atoms with Gasteiger partial charge < -0.3 is 4.90 Å². The fraction of sp³-hybridized carbons (Fsp3) is 0. The maximum atomic E-state index is 14.6. The number of hydrogen-bond donors (Lipinski definition) is 0. The Labute approximate surface area is 292 Å². The molecule has 50 heavy (non-hydrogen) atoms. The van der Waals surface area contributed by atoms with Crippen LogP contribution < -0.4 is 9.80 Å². The van der Waals surface area contributed by atoms with Gasteiger partial charge in [0, 0.05) is 33.8 Å². The SMILES string of the molecule is O=S1c2ccccc2N(c2ccccc2)c2c1ccc1c2N(c2cc(-c3ccccc3)nc(-c3ccccc3)n2)c2cccc3cccc-1c23. The van der Waals surface area contributed by atoms with Gasteiger partial charge in [0.05, 0.1) is 49.0 Å². The number of fused-ring (bicyclic) bond motifs is 5. The summed E-state index contributed by atoms with van der Waals surface area (Å²) in [6.45, 7) is 0. The minimum absolute atomic E-state index is 0.633. The quantitative estimate of drug-likeness (QED) is 0.188. The molecule has 5 nitrogen and oxygen atoms in total. The first-order valence-electron chi connectivity index (χ1n) is 16.6. The molecule has 10 rings (SSSR count). The summed E-state index contributed by atoms with van der Waals surface area (Å²) < 4.78 is 14.6. The fourth-order valence-electron chi connectivity index (χ4n) is 7.37. The van der Waals surface area contributed by atoms with Crippen LogP contribution in [0.5, 0.6) is 0 Å². The third kappa shape index (κ3) is 4.35. The number of nitrogens with zero attached hydrogens (tertiary/aromatic N) is 4. The average Bonchev–Trinajstić information content (AvgIpc) is 3.19. The Balaban J connectivity index is 1.34. The van der Waals surface area contributed by atoms with Crippen molar-refractivity contribution in [1.82, 2.24) is 9.97 Å². The van der Waals surface area contributed by atoms with Crippen molar-refractivity contribution < 1.29 is 4.21 Å². The van der Waals surface area contributed by atoms with E-state index in [1.165, 1.54) is 0 Å². The lowest BCUT2D eigenvalue weighted by molar-refractivity contribution is 0.682.